The number of hydrogen-bond acceptors (Lipinski definition) is 4. The number of benzene rings is 3. The Morgan fingerprint density at radius 3 is 1.36 bits per heavy atom. The lowest BCUT2D eigenvalue weighted by atomic mass is 10.0. The van der Waals surface area contributed by atoms with Crippen LogP contribution >= 0.6 is 0 Å². The van der Waals surface area contributed by atoms with Gasteiger partial charge >= 0.3 is 0 Å². The zero-order chi connectivity index (χ0) is 31.1. The van der Waals surface area contributed by atoms with E-state index in [4.69, 9.17) is 5.73 Å². The minimum atomic E-state index is 0.445. The highest BCUT2D eigenvalue weighted by Crippen LogP contribution is 2.30. The first kappa shape index (κ1) is 35.1. The van der Waals surface area contributed by atoms with E-state index in [1.54, 1.807) is 0 Å². The summed E-state index contributed by atoms with van der Waals surface area (Å²) in [5.74, 6) is 2.23. The number of nitrogens with zero attached hydrogens (tertiary/aromatic N) is 1. The fraction of sp³-hybridized carbons (Fsp3) is 0.526. The third kappa shape index (κ3) is 13.7. The molecule has 0 aliphatic rings. The lowest BCUT2D eigenvalue weighted by molar-refractivity contribution is 0.513. The zero-order valence-electron chi connectivity index (χ0n) is 28.0. The van der Waals surface area contributed by atoms with Gasteiger partial charge in [-0.15, -0.1) is 0 Å². The third-order valence-corrected chi connectivity index (χ3v) is 7.52. The first-order valence-corrected chi connectivity index (χ1v) is 16.3. The van der Waals surface area contributed by atoms with Gasteiger partial charge in [0.1, 0.15) is 0 Å². The van der Waals surface area contributed by atoms with Gasteiger partial charge in [0, 0.05) is 46.6 Å². The van der Waals surface area contributed by atoms with Crippen molar-refractivity contribution in [2.75, 3.05) is 21.3 Å². The van der Waals surface area contributed by atoms with E-state index in [9.17, 15) is 0 Å². The smallest absolute Gasteiger partial charge is 0.0414 e. The van der Waals surface area contributed by atoms with Crippen LogP contribution in [0.3, 0.4) is 0 Å². The van der Waals surface area contributed by atoms with E-state index in [1.807, 2.05) is 12.1 Å². The summed E-state index contributed by atoms with van der Waals surface area (Å²) in [5.41, 5.74) is 11.5. The Kier molecular flexibility index (Phi) is 15.4. The number of nitrogens with one attached hydrogen (secondary N) is 2. The molecular weight excluding hydrogens is 512 g/mol. The molecule has 0 saturated carbocycles. The maximum atomic E-state index is 5.80. The quantitative estimate of drug-likeness (QED) is 0.159. The molecule has 4 N–H and O–H groups in total. The van der Waals surface area contributed by atoms with E-state index >= 15 is 0 Å². The van der Waals surface area contributed by atoms with Crippen molar-refractivity contribution in [3.63, 3.8) is 0 Å². The van der Waals surface area contributed by atoms with Crippen molar-refractivity contribution in [3.05, 3.63) is 78.9 Å². The molecule has 0 amide bonds. The van der Waals surface area contributed by atoms with Gasteiger partial charge in [-0.2, -0.15) is 0 Å². The molecule has 0 bridgehead atoms. The Hall–Kier alpha value is -3.14. The van der Waals surface area contributed by atoms with Gasteiger partial charge in [0.25, 0.3) is 0 Å². The summed E-state index contributed by atoms with van der Waals surface area (Å²) in [6.07, 6.45) is 6.16. The summed E-state index contributed by atoms with van der Waals surface area (Å²) in [5, 5.41) is 7.18. The van der Waals surface area contributed by atoms with Gasteiger partial charge in [0.15, 0.2) is 0 Å². The van der Waals surface area contributed by atoms with Crippen molar-refractivity contribution < 1.29 is 0 Å². The van der Waals surface area contributed by atoms with Crippen LogP contribution in [0, 0.1) is 17.8 Å². The van der Waals surface area contributed by atoms with Crippen molar-refractivity contribution >= 4 is 28.4 Å². The molecule has 4 heteroatoms. The van der Waals surface area contributed by atoms with Crippen LogP contribution in [-0.2, 0) is 0 Å². The second-order valence-corrected chi connectivity index (χ2v) is 13.4. The first-order valence-electron chi connectivity index (χ1n) is 16.3. The van der Waals surface area contributed by atoms with Crippen molar-refractivity contribution in [1.82, 2.24) is 0 Å². The van der Waals surface area contributed by atoms with Crippen LogP contribution in [0.1, 0.15) is 94.4 Å². The minimum absolute atomic E-state index is 0.445. The Morgan fingerprint density at radius 1 is 0.524 bits per heavy atom. The fourth-order valence-electron chi connectivity index (χ4n) is 5.21. The monoisotopic (exact) mass is 572 g/mol. The molecule has 0 aliphatic heterocycles. The Balaban J connectivity index is 0.000000294. The normalized spacial score (nSPS) is 13.3. The molecule has 0 aromatic heterocycles. The molecule has 0 heterocycles. The van der Waals surface area contributed by atoms with Gasteiger partial charge < -0.3 is 21.3 Å². The molecule has 0 radical (unpaired) electrons. The average Bonchev–Trinajstić information content (AvgIpc) is 2.94. The Labute approximate surface area is 258 Å². The highest BCUT2D eigenvalue weighted by molar-refractivity contribution is 5.65. The van der Waals surface area contributed by atoms with E-state index in [-0.39, 0.29) is 0 Å². The van der Waals surface area contributed by atoms with Gasteiger partial charge in [-0.25, -0.2) is 0 Å². The molecule has 232 valence electrons. The molecule has 3 aromatic rings. The van der Waals surface area contributed by atoms with Crippen molar-refractivity contribution in [1.29, 1.82) is 0 Å². The lowest BCUT2D eigenvalue weighted by Gasteiger charge is -2.32. The number of rotatable bonds is 15. The molecule has 0 spiro atoms. The highest BCUT2D eigenvalue weighted by Gasteiger charge is 2.17. The second-order valence-electron chi connectivity index (χ2n) is 13.4. The summed E-state index contributed by atoms with van der Waals surface area (Å²) in [6, 6.07) is 28.9. The topological polar surface area (TPSA) is 53.3 Å². The summed E-state index contributed by atoms with van der Waals surface area (Å²) >= 11 is 0. The summed E-state index contributed by atoms with van der Waals surface area (Å²) in [6.45, 7) is 20.5. The van der Waals surface area contributed by atoms with Crippen LogP contribution in [-0.4, -0.2) is 18.1 Å². The Morgan fingerprint density at radius 2 is 0.952 bits per heavy atom. The number of anilines is 5. The lowest BCUT2D eigenvalue weighted by Crippen LogP contribution is -2.29. The molecular formula is C38H60N4. The minimum Gasteiger partial charge on any atom is -0.399 e. The molecule has 3 rings (SSSR count). The molecule has 0 aliphatic carbocycles. The molecule has 42 heavy (non-hydrogen) atoms. The van der Waals surface area contributed by atoms with Crippen LogP contribution in [0.5, 0.6) is 0 Å². The third-order valence-electron chi connectivity index (χ3n) is 7.52. The Bertz CT molecular complexity index is 1050. The highest BCUT2D eigenvalue weighted by atomic mass is 15.2. The number of hydrogen-bond donors (Lipinski definition) is 3. The van der Waals surface area contributed by atoms with Gasteiger partial charge in [0.2, 0.25) is 0 Å². The van der Waals surface area contributed by atoms with Gasteiger partial charge in [0.05, 0.1) is 0 Å². The van der Waals surface area contributed by atoms with Crippen molar-refractivity contribution in [2.24, 2.45) is 17.8 Å². The second kappa shape index (κ2) is 18.4. The number of nitrogen functional groups attached to an aromatic ring is 1. The summed E-state index contributed by atoms with van der Waals surface area (Å²) < 4.78 is 0. The predicted molar refractivity (Wildman–Crippen MR) is 189 cm³/mol. The molecule has 3 aromatic carbocycles. The zero-order valence-corrected chi connectivity index (χ0v) is 28.0. The molecule has 4 nitrogen and oxygen atoms in total. The summed E-state index contributed by atoms with van der Waals surface area (Å²) in [4.78, 5) is 2.39. The van der Waals surface area contributed by atoms with Gasteiger partial charge in [-0.05, 0) is 131 Å². The largest absolute Gasteiger partial charge is 0.399 e. The molecule has 3 atom stereocenters. The molecule has 0 saturated heterocycles. The van der Waals surface area contributed by atoms with Crippen LogP contribution in [0.25, 0.3) is 0 Å². The predicted octanol–water partition coefficient (Wildman–Crippen LogP) is 11.0. The number of nitrogens with two attached hydrogens (primary N) is 1. The summed E-state index contributed by atoms with van der Waals surface area (Å²) in [7, 11) is 0. The van der Waals surface area contributed by atoms with E-state index in [1.165, 1.54) is 48.4 Å². The van der Waals surface area contributed by atoms with Crippen molar-refractivity contribution in [2.45, 2.75) is 113 Å². The molecule has 0 fully saturated rings. The van der Waals surface area contributed by atoms with Crippen LogP contribution in [0.4, 0.5) is 28.4 Å². The van der Waals surface area contributed by atoms with Crippen LogP contribution in [0.15, 0.2) is 78.9 Å². The number of para-hydroxylation sites is 1. The standard InChI is InChI=1S/C20H36N2.C18H24N2/c1-15(2)7-9-17(5)21-19-11-13-20(14-12-19)22-18(6)10-8-16(3)4;1-14(2)13-15(3)20(17-7-5-4-6-8-17)18-11-9-16(19)10-12-18/h11-18,21-22H,7-10H2,1-6H3;4-12,14-15H,13,19H2,1-3H3. The van der Waals surface area contributed by atoms with Crippen molar-refractivity contribution in [3.8, 4) is 0 Å². The maximum absolute atomic E-state index is 5.80. The van der Waals surface area contributed by atoms with Gasteiger partial charge in [-0.3, -0.25) is 0 Å². The van der Waals surface area contributed by atoms with E-state index in [0.717, 1.165) is 23.9 Å². The van der Waals surface area contributed by atoms with E-state index < -0.39 is 0 Å². The maximum Gasteiger partial charge on any atom is 0.0414 e. The fourth-order valence-corrected chi connectivity index (χ4v) is 5.21. The SMILES string of the molecule is CC(C)CC(C)N(c1ccccc1)c1ccc(N)cc1.CC(C)CCC(C)Nc1ccc(NC(C)CCC(C)C)cc1. The average molecular weight is 573 g/mol. The van der Waals surface area contributed by atoms with Crippen LogP contribution in [0.2, 0.25) is 0 Å². The van der Waals surface area contributed by atoms with E-state index in [2.05, 4.69) is 145 Å². The van der Waals surface area contributed by atoms with Gasteiger partial charge in [-0.1, -0.05) is 59.7 Å². The molecule has 3 unspecified atom stereocenters. The van der Waals surface area contributed by atoms with E-state index in [0.29, 0.717) is 24.0 Å². The van der Waals surface area contributed by atoms with Crippen LogP contribution < -0.4 is 21.3 Å². The first-order chi connectivity index (χ1) is 19.9.